The molecule has 1 aliphatic rings. The van der Waals surface area contributed by atoms with E-state index in [1.54, 1.807) is 31.0 Å². The van der Waals surface area contributed by atoms with Crippen molar-refractivity contribution in [1.82, 2.24) is 4.90 Å². The van der Waals surface area contributed by atoms with Gasteiger partial charge in [-0.15, -0.1) is 0 Å². The minimum atomic E-state index is -0.868. The number of Topliss-reactive ketones (excluding diaryl/α,β-unsaturated/α-hetero) is 1. The summed E-state index contributed by atoms with van der Waals surface area (Å²) < 4.78 is 23.2. The van der Waals surface area contributed by atoms with Crippen molar-refractivity contribution >= 4 is 11.9 Å². The molecule has 1 aliphatic heterocycles. The Kier molecular flexibility index (Phi) is 5.07. The first-order valence-electron chi connectivity index (χ1n) is 7.45. The Balaban J connectivity index is 2.65. The van der Waals surface area contributed by atoms with Gasteiger partial charge in [-0.3, -0.25) is 4.79 Å². The first-order valence-corrected chi connectivity index (χ1v) is 7.45. The Morgan fingerprint density at radius 2 is 1.71 bits per heavy atom. The molecule has 0 saturated carbocycles. The highest BCUT2D eigenvalue weighted by Crippen LogP contribution is 2.42. The van der Waals surface area contributed by atoms with Gasteiger partial charge < -0.3 is 14.4 Å². The zero-order valence-electron chi connectivity index (χ0n) is 14.3. The van der Waals surface area contributed by atoms with Gasteiger partial charge in [0.05, 0.1) is 18.7 Å². The van der Waals surface area contributed by atoms with Gasteiger partial charge in [0.2, 0.25) is 0 Å². The van der Waals surface area contributed by atoms with Gasteiger partial charge in [0, 0.05) is 18.3 Å². The number of carbonyl (C=O) groups excluding carboxylic acids is 2. The second-order valence-corrected chi connectivity index (χ2v) is 5.60. The molecule has 6 heteroatoms. The van der Waals surface area contributed by atoms with Gasteiger partial charge >= 0.3 is 6.16 Å². The molecule has 1 aromatic rings. The predicted octanol–water partition coefficient (Wildman–Crippen LogP) is 3.73. The van der Waals surface area contributed by atoms with Crippen LogP contribution in [0.2, 0.25) is 0 Å². The van der Waals surface area contributed by atoms with Gasteiger partial charge in [-0.1, -0.05) is 12.1 Å². The summed E-state index contributed by atoms with van der Waals surface area (Å²) >= 11 is 0. The smallest absolute Gasteiger partial charge is 0.437 e. The molecule has 2 rings (SSSR count). The minimum absolute atomic E-state index is 0.146. The first kappa shape index (κ1) is 17.7. The maximum Gasteiger partial charge on any atom is 0.513 e. The summed E-state index contributed by atoms with van der Waals surface area (Å²) in [6.45, 7) is 5.07. The summed E-state index contributed by atoms with van der Waals surface area (Å²) in [6, 6.07) is 5.78. The third-order valence-corrected chi connectivity index (χ3v) is 4.25. The topological polar surface area (TPSA) is 55.8 Å². The van der Waals surface area contributed by atoms with Crippen molar-refractivity contribution in [3.05, 3.63) is 58.4 Å². The Morgan fingerprint density at radius 1 is 1.12 bits per heavy atom. The molecule has 0 aliphatic carbocycles. The number of rotatable bonds is 3. The van der Waals surface area contributed by atoms with E-state index in [1.807, 2.05) is 6.92 Å². The molecular weight excluding hydrogens is 313 g/mol. The van der Waals surface area contributed by atoms with Gasteiger partial charge in [-0.2, -0.15) is 0 Å². The standard InChI is InChI=1S/C18H20FNO4/c1-10-15(12(3)21)16(13-6-8-14(19)9-7-13)17(11(2)20(10)4)24-18(22)23-5/h6-9,16H,1-5H3. The fourth-order valence-corrected chi connectivity index (χ4v) is 2.84. The first-order chi connectivity index (χ1) is 11.3. The van der Waals surface area contributed by atoms with E-state index in [4.69, 9.17) is 4.74 Å². The third kappa shape index (κ3) is 3.18. The quantitative estimate of drug-likeness (QED) is 0.789. The van der Waals surface area contributed by atoms with Crippen LogP contribution >= 0.6 is 0 Å². The Morgan fingerprint density at radius 3 is 2.21 bits per heavy atom. The van der Waals surface area contributed by atoms with E-state index in [2.05, 4.69) is 4.74 Å². The number of allylic oxidation sites excluding steroid dienone is 3. The number of nitrogens with zero attached hydrogens (tertiary/aromatic N) is 1. The number of carbonyl (C=O) groups is 2. The van der Waals surface area contributed by atoms with E-state index in [-0.39, 0.29) is 11.6 Å². The lowest BCUT2D eigenvalue weighted by Crippen LogP contribution is -2.30. The molecule has 1 heterocycles. The maximum absolute atomic E-state index is 13.3. The van der Waals surface area contributed by atoms with Crippen LogP contribution in [0.1, 0.15) is 32.3 Å². The number of hydrogen-bond acceptors (Lipinski definition) is 5. The summed E-state index contributed by atoms with van der Waals surface area (Å²) in [7, 11) is 3.00. The van der Waals surface area contributed by atoms with E-state index < -0.39 is 12.1 Å². The van der Waals surface area contributed by atoms with Crippen LogP contribution in [0.25, 0.3) is 0 Å². The normalized spacial score (nSPS) is 17.9. The van der Waals surface area contributed by atoms with Crippen LogP contribution in [-0.2, 0) is 14.3 Å². The van der Waals surface area contributed by atoms with E-state index >= 15 is 0 Å². The Bertz CT molecular complexity index is 734. The summed E-state index contributed by atoms with van der Waals surface area (Å²) in [5, 5.41) is 0. The molecule has 1 unspecified atom stereocenters. The van der Waals surface area contributed by atoms with E-state index in [9.17, 15) is 14.0 Å². The molecule has 1 aromatic carbocycles. The molecule has 5 nitrogen and oxygen atoms in total. The molecule has 24 heavy (non-hydrogen) atoms. The van der Waals surface area contributed by atoms with Crippen molar-refractivity contribution in [2.45, 2.75) is 26.7 Å². The van der Waals surface area contributed by atoms with Gasteiger partial charge in [-0.05, 0) is 38.5 Å². The lowest BCUT2D eigenvalue weighted by molar-refractivity contribution is -0.114. The second kappa shape index (κ2) is 6.86. The van der Waals surface area contributed by atoms with Crippen LogP contribution < -0.4 is 0 Å². The molecule has 0 saturated heterocycles. The van der Waals surface area contributed by atoms with Crippen molar-refractivity contribution < 1.29 is 23.5 Å². The number of methoxy groups -OCH3 is 1. The van der Waals surface area contributed by atoms with Crippen molar-refractivity contribution in [2.75, 3.05) is 14.2 Å². The average molecular weight is 333 g/mol. The number of ketones is 1. The van der Waals surface area contributed by atoms with E-state index in [0.717, 1.165) is 5.70 Å². The zero-order valence-corrected chi connectivity index (χ0v) is 14.3. The molecule has 0 fully saturated rings. The van der Waals surface area contributed by atoms with Crippen molar-refractivity contribution in [1.29, 1.82) is 0 Å². The zero-order chi connectivity index (χ0) is 18.0. The van der Waals surface area contributed by atoms with Crippen LogP contribution in [0.5, 0.6) is 0 Å². The van der Waals surface area contributed by atoms with Crippen LogP contribution in [0.4, 0.5) is 9.18 Å². The number of hydrogen-bond donors (Lipinski definition) is 0. The summed E-state index contributed by atoms with van der Waals surface area (Å²) in [5.74, 6) is -0.829. The van der Waals surface area contributed by atoms with E-state index in [0.29, 0.717) is 22.6 Å². The fourth-order valence-electron chi connectivity index (χ4n) is 2.84. The van der Waals surface area contributed by atoms with Crippen molar-refractivity contribution in [3.8, 4) is 0 Å². The highest BCUT2D eigenvalue weighted by Gasteiger charge is 2.36. The third-order valence-electron chi connectivity index (χ3n) is 4.25. The monoisotopic (exact) mass is 333 g/mol. The van der Waals surface area contributed by atoms with Crippen LogP contribution in [0, 0.1) is 5.82 Å². The molecule has 0 amide bonds. The second-order valence-electron chi connectivity index (χ2n) is 5.60. The van der Waals surface area contributed by atoms with Gasteiger partial charge in [0.15, 0.2) is 5.78 Å². The highest BCUT2D eigenvalue weighted by atomic mass is 19.1. The van der Waals surface area contributed by atoms with Crippen LogP contribution in [0.3, 0.4) is 0 Å². The van der Waals surface area contributed by atoms with Gasteiger partial charge in [0.25, 0.3) is 0 Å². The van der Waals surface area contributed by atoms with Crippen LogP contribution in [0.15, 0.2) is 47.0 Å². The molecular formula is C18H20FNO4. The molecule has 0 N–H and O–H groups in total. The molecule has 128 valence electrons. The SMILES string of the molecule is COC(=O)OC1=C(C)N(C)C(C)=C(C(C)=O)C1c1ccc(F)cc1. The fraction of sp³-hybridized carbons (Fsp3) is 0.333. The Hall–Kier alpha value is -2.63. The van der Waals surface area contributed by atoms with Gasteiger partial charge in [-0.25, -0.2) is 9.18 Å². The lowest BCUT2D eigenvalue weighted by atomic mass is 9.83. The predicted molar refractivity (Wildman–Crippen MR) is 86.5 cm³/mol. The molecule has 0 spiro atoms. The van der Waals surface area contributed by atoms with Gasteiger partial charge in [0.1, 0.15) is 11.6 Å². The van der Waals surface area contributed by atoms with Crippen molar-refractivity contribution in [3.63, 3.8) is 0 Å². The summed E-state index contributed by atoms with van der Waals surface area (Å²) in [6.07, 6.45) is -0.868. The number of ether oxygens (including phenoxy) is 2. The number of benzene rings is 1. The summed E-state index contributed by atoms with van der Waals surface area (Å²) in [4.78, 5) is 25.7. The summed E-state index contributed by atoms with van der Waals surface area (Å²) in [5.41, 5.74) is 2.59. The minimum Gasteiger partial charge on any atom is -0.437 e. The molecule has 1 atom stereocenters. The average Bonchev–Trinajstić information content (AvgIpc) is 2.55. The maximum atomic E-state index is 13.3. The Labute approximate surface area is 140 Å². The van der Waals surface area contributed by atoms with Crippen LogP contribution in [-0.4, -0.2) is 31.0 Å². The molecule has 0 aromatic heterocycles. The molecule has 0 radical (unpaired) electrons. The number of halogens is 1. The molecule has 0 bridgehead atoms. The van der Waals surface area contributed by atoms with E-state index in [1.165, 1.54) is 26.2 Å². The lowest BCUT2D eigenvalue weighted by Gasteiger charge is -2.35. The van der Waals surface area contributed by atoms with Crippen molar-refractivity contribution in [2.24, 2.45) is 0 Å². The highest BCUT2D eigenvalue weighted by molar-refractivity contribution is 5.96. The largest absolute Gasteiger partial charge is 0.513 e.